The second-order valence-corrected chi connectivity index (χ2v) is 4.63. The highest BCUT2D eigenvalue weighted by atomic mass is 35.5. The summed E-state index contributed by atoms with van der Waals surface area (Å²) in [5.41, 5.74) is 2.33. The number of hydrogen-bond acceptors (Lipinski definition) is 2. The molecule has 1 amide bonds. The number of anilines is 1. The third-order valence-corrected chi connectivity index (χ3v) is 2.91. The monoisotopic (exact) mass is 274 g/mol. The number of halogens is 1. The first-order valence-electron chi connectivity index (χ1n) is 6.22. The van der Waals surface area contributed by atoms with Gasteiger partial charge in [0.05, 0.1) is 0 Å². The molecule has 1 aromatic carbocycles. The molecule has 4 heteroatoms. The van der Waals surface area contributed by atoms with Crippen molar-refractivity contribution in [2.24, 2.45) is 0 Å². The SMILES string of the molecule is CCCc1ccc(NC(=O)c2cccc(Cl)n2)cc1. The highest BCUT2D eigenvalue weighted by Crippen LogP contribution is 2.13. The zero-order valence-electron chi connectivity index (χ0n) is 10.7. The van der Waals surface area contributed by atoms with Crippen molar-refractivity contribution in [3.63, 3.8) is 0 Å². The average molecular weight is 275 g/mol. The van der Waals surface area contributed by atoms with Gasteiger partial charge in [0.1, 0.15) is 10.8 Å². The molecule has 0 fully saturated rings. The maximum absolute atomic E-state index is 11.9. The van der Waals surface area contributed by atoms with Crippen LogP contribution in [0.25, 0.3) is 0 Å². The molecule has 0 aliphatic carbocycles. The van der Waals surface area contributed by atoms with Crippen LogP contribution in [0.1, 0.15) is 29.4 Å². The van der Waals surface area contributed by atoms with Gasteiger partial charge in [-0.25, -0.2) is 4.98 Å². The second-order valence-electron chi connectivity index (χ2n) is 4.25. The van der Waals surface area contributed by atoms with E-state index in [1.54, 1.807) is 18.2 Å². The van der Waals surface area contributed by atoms with Crippen LogP contribution in [0.2, 0.25) is 5.15 Å². The van der Waals surface area contributed by atoms with Crippen molar-refractivity contribution in [1.29, 1.82) is 0 Å². The van der Waals surface area contributed by atoms with Gasteiger partial charge in [-0.05, 0) is 36.2 Å². The first-order valence-corrected chi connectivity index (χ1v) is 6.59. The predicted octanol–water partition coefficient (Wildman–Crippen LogP) is 3.94. The van der Waals surface area contributed by atoms with Gasteiger partial charge in [-0.1, -0.05) is 43.1 Å². The predicted molar refractivity (Wildman–Crippen MR) is 77.6 cm³/mol. The van der Waals surface area contributed by atoms with E-state index in [0.717, 1.165) is 18.5 Å². The molecule has 0 saturated heterocycles. The number of benzene rings is 1. The summed E-state index contributed by atoms with van der Waals surface area (Å²) in [7, 11) is 0. The molecule has 0 bridgehead atoms. The summed E-state index contributed by atoms with van der Waals surface area (Å²) in [4.78, 5) is 15.9. The third kappa shape index (κ3) is 3.80. The van der Waals surface area contributed by atoms with Crippen molar-refractivity contribution in [2.75, 3.05) is 5.32 Å². The quantitative estimate of drug-likeness (QED) is 0.858. The fourth-order valence-electron chi connectivity index (χ4n) is 1.77. The van der Waals surface area contributed by atoms with Crippen LogP contribution in [0, 0.1) is 0 Å². The molecule has 0 radical (unpaired) electrons. The average Bonchev–Trinajstić information content (AvgIpc) is 2.41. The fraction of sp³-hybridized carbons (Fsp3) is 0.200. The lowest BCUT2D eigenvalue weighted by atomic mass is 10.1. The lowest BCUT2D eigenvalue weighted by Crippen LogP contribution is -2.13. The highest BCUT2D eigenvalue weighted by molar-refractivity contribution is 6.29. The summed E-state index contributed by atoms with van der Waals surface area (Å²) in [6.45, 7) is 2.14. The minimum atomic E-state index is -0.259. The Kier molecular flexibility index (Phi) is 4.53. The third-order valence-electron chi connectivity index (χ3n) is 2.70. The Morgan fingerprint density at radius 3 is 2.58 bits per heavy atom. The first-order chi connectivity index (χ1) is 9.19. The molecule has 0 spiro atoms. The van der Waals surface area contributed by atoms with Crippen molar-refractivity contribution in [1.82, 2.24) is 4.98 Å². The molecule has 2 aromatic rings. The zero-order chi connectivity index (χ0) is 13.7. The minimum absolute atomic E-state index is 0.259. The Morgan fingerprint density at radius 2 is 1.95 bits per heavy atom. The van der Waals surface area contributed by atoms with E-state index in [9.17, 15) is 4.79 Å². The number of amides is 1. The smallest absolute Gasteiger partial charge is 0.274 e. The molecule has 19 heavy (non-hydrogen) atoms. The van der Waals surface area contributed by atoms with Crippen LogP contribution in [0.5, 0.6) is 0 Å². The van der Waals surface area contributed by atoms with Crippen LogP contribution in [-0.4, -0.2) is 10.9 Å². The van der Waals surface area contributed by atoms with E-state index in [-0.39, 0.29) is 5.91 Å². The van der Waals surface area contributed by atoms with E-state index in [4.69, 9.17) is 11.6 Å². The van der Waals surface area contributed by atoms with Crippen LogP contribution in [0.15, 0.2) is 42.5 Å². The Hall–Kier alpha value is -1.87. The Morgan fingerprint density at radius 1 is 1.21 bits per heavy atom. The molecular weight excluding hydrogens is 260 g/mol. The zero-order valence-corrected chi connectivity index (χ0v) is 11.4. The molecule has 0 unspecified atom stereocenters. The van der Waals surface area contributed by atoms with E-state index in [0.29, 0.717) is 10.8 Å². The minimum Gasteiger partial charge on any atom is -0.321 e. The van der Waals surface area contributed by atoms with Gasteiger partial charge >= 0.3 is 0 Å². The number of pyridine rings is 1. The van der Waals surface area contributed by atoms with E-state index >= 15 is 0 Å². The fourth-order valence-corrected chi connectivity index (χ4v) is 1.94. The maximum atomic E-state index is 11.9. The van der Waals surface area contributed by atoms with Crippen molar-refractivity contribution in [3.8, 4) is 0 Å². The summed E-state index contributed by atoms with van der Waals surface area (Å²) in [6, 6.07) is 12.8. The van der Waals surface area contributed by atoms with Gasteiger partial charge in [0, 0.05) is 5.69 Å². The van der Waals surface area contributed by atoms with Crippen LogP contribution in [0.3, 0.4) is 0 Å². The van der Waals surface area contributed by atoms with E-state index in [1.807, 2.05) is 24.3 Å². The molecule has 0 saturated carbocycles. The van der Waals surface area contributed by atoms with Gasteiger partial charge in [0.25, 0.3) is 5.91 Å². The summed E-state index contributed by atoms with van der Waals surface area (Å²) < 4.78 is 0. The molecule has 2 rings (SSSR count). The number of rotatable bonds is 4. The molecule has 1 N–H and O–H groups in total. The van der Waals surface area contributed by atoms with Crippen molar-refractivity contribution in [3.05, 3.63) is 58.9 Å². The summed E-state index contributed by atoms with van der Waals surface area (Å²) >= 11 is 5.76. The lowest BCUT2D eigenvalue weighted by molar-refractivity contribution is 0.102. The van der Waals surface area contributed by atoms with Crippen molar-refractivity contribution in [2.45, 2.75) is 19.8 Å². The van der Waals surface area contributed by atoms with Gasteiger partial charge in [-0.3, -0.25) is 4.79 Å². The number of hydrogen-bond donors (Lipinski definition) is 1. The second kappa shape index (κ2) is 6.34. The summed E-state index contributed by atoms with van der Waals surface area (Å²) in [5.74, 6) is -0.259. The standard InChI is InChI=1S/C15H15ClN2O/c1-2-4-11-7-9-12(10-8-11)17-15(19)13-5-3-6-14(16)18-13/h3,5-10H,2,4H2,1H3,(H,17,19). The van der Waals surface area contributed by atoms with Gasteiger partial charge in [-0.2, -0.15) is 0 Å². The summed E-state index contributed by atoms with van der Waals surface area (Å²) in [5, 5.41) is 3.11. The number of nitrogens with zero attached hydrogens (tertiary/aromatic N) is 1. The van der Waals surface area contributed by atoms with E-state index < -0.39 is 0 Å². The molecule has 3 nitrogen and oxygen atoms in total. The van der Waals surface area contributed by atoms with Crippen LogP contribution in [-0.2, 0) is 6.42 Å². The van der Waals surface area contributed by atoms with Crippen LogP contribution < -0.4 is 5.32 Å². The molecule has 0 aliphatic heterocycles. The van der Waals surface area contributed by atoms with Gasteiger partial charge < -0.3 is 5.32 Å². The molecular formula is C15H15ClN2O. The largest absolute Gasteiger partial charge is 0.321 e. The van der Waals surface area contributed by atoms with Gasteiger partial charge in [0.15, 0.2) is 0 Å². The van der Waals surface area contributed by atoms with E-state index in [2.05, 4.69) is 17.2 Å². The molecule has 1 aromatic heterocycles. The Labute approximate surface area is 117 Å². The molecule has 1 heterocycles. The number of carbonyl (C=O) groups is 1. The maximum Gasteiger partial charge on any atom is 0.274 e. The Balaban J connectivity index is 2.06. The van der Waals surface area contributed by atoms with Crippen molar-refractivity contribution >= 4 is 23.2 Å². The highest BCUT2D eigenvalue weighted by Gasteiger charge is 2.07. The number of aryl methyl sites for hydroxylation is 1. The molecule has 0 aliphatic rings. The van der Waals surface area contributed by atoms with E-state index in [1.165, 1.54) is 5.56 Å². The van der Waals surface area contributed by atoms with Gasteiger partial charge in [-0.15, -0.1) is 0 Å². The van der Waals surface area contributed by atoms with Crippen LogP contribution in [0.4, 0.5) is 5.69 Å². The summed E-state index contributed by atoms with van der Waals surface area (Å²) in [6.07, 6.45) is 2.15. The van der Waals surface area contributed by atoms with Crippen molar-refractivity contribution < 1.29 is 4.79 Å². The lowest BCUT2D eigenvalue weighted by Gasteiger charge is -2.06. The van der Waals surface area contributed by atoms with Gasteiger partial charge in [0.2, 0.25) is 0 Å². The number of nitrogens with one attached hydrogen (secondary N) is 1. The normalized spacial score (nSPS) is 10.2. The van der Waals surface area contributed by atoms with Crippen LogP contribution >= 0.6 is 11.6 Å². The number of carbonyl (C=O) groups excluding carboxylic acids is 1. The first kappa shape index (κ1) is 13.6. The topological polar surface area (TPSA) is 42.0 Å². The number of aromatic nitrogens is 1. The molecule has 0 atom stereocenters. The molecule has 98 valence electrons. The Bertz CT molecular complexity index is 567.